The van der Waals surface area contributed by atoms with Crippen LogP contribution >= 0.6 is 34.5 Å². The molecule has 2 bridgehead atoms. The normalized spacial score (nSPS) is 26.3. The molecule has 10 heteroatoms. The first-order chi connectivity index (χ1) is 18.9. The van der Waals surface area contributed by atoms with E-state index < -0.39 is 11.4 Å². The van der Waals surface area contributed by atoms with Gasteiger partial charge in [-0.3, -0.25) is 0 Å². The van der Waals surface area contributed by atoms with Crippen molar-refractivity contribution in [2.75, 3.05) is 0 Å². The van der Waals surface area contributed by atoms with Crippen LogP contribution < -0.4 is 0 Å². The molecule has 7 rings (SSSR count). The van der Waals surface area contributed by atoms with Crippen molar-refractivity contribution in [3.63, 3.8) is 0 Å². The number of hydrogen-bond acceptors (Lipinski definition) is 6. The van der Waals surface area contributed by atoms with Gasteiger partial charge in [0.2, 0.25) is 0 Å². The Morgan fingerprint density at radius 2 is 1.87 bits per heavy atom. The summed E-state index contributed by atoms with van der Waals surface area (Å²) in [7, 11) is 0. The summed E-state index contributed by atoms with van der Waals surface area (Å²) in [5, 5.41) is 27.4. The van der Waals surface area contributed by atoms with Crippen LogP contribution in [0.4, 0.5) is 4.39 Å². The Hall–Kier alpha value is -2.54. The van der Waals surface area contributed by atoms with Crippen LogP contribution in [0.3, 0.4) is 0 Å². The number of fused-ring (bicyclic) bond motifs is 3. The smallest absolute Gasteiger partial charge is 0.151 e. The summed E-state index contributed by atoms with van der Waals surface area (Å²) in [6.07, 6.45) is 7.25. The third-order valence-corrected chi connectivity index (χ3v) is 10.4. The highest BCUT2D eigenvalue weighted by Gasteiger charge is 2.56. The molecule has 39 heavy (non-hydrogen) atoms. The fourth-order valence-corrected chi connectivity index (χ4v) is 8.38. The molecule has 2 aromatic carbocycles. The molecule has 4 atom stereocenters. The van der Waals surface area contributed by atoms with Crippen molar-refractivity contribution < 1.29 is 14.2 Å². The molecule has 3 saturated carbocycles. The lowest BCUT2D eigenvalue weighted by Gasteiger charge is -2.41. The van der Waals surface area contributed by atoms with Crippen LogP contribution in [0.5, 0.6) is 0 Å². The van der Waals surface area contributed by atoms with Crippen molar-refractivity contribution in [1.29, 1.82) is 5.26 Å². The number of ether oxygens (including phenoxy) is 1. The fraction of sp³-hybridized carbons (Fsp3) is 0.414. The zero-order valence-corrected chi connectivity index (χ0v) is 23.2. The second-order valence-corrected chi connectivity index (χ2v) is 12.8. The van der Waals surface area contributed by atoms with Crippen LogP contribution in [0.25, 0.3) is 15.9 Å². The molecule has 0 saturated heterocycles. The lowest BCUT2D eigenvalue weighted by Crippen LogP contribution is -2.44. The van der Waals surface area contributed by atoms with Crippen LogP contribution in [-0.2, 0) is 16.9 Å². The Kier molecular flexibility index (Phi) is 6.22. The highest BCUT2D eigenvalue weighted by molar-refractivity contribution is 7.18. The zero-order valence-electron chi connectivity index (χ0n) is 20.9. The van der Waals surface area contributed by atoms with Crippen LogP contribution in [0.2, 0.25) is 10.0 Å². The van der Waals surface area contributed by atoms with Gasteiger partial charge in [0.1, 0.15) is 21.8 Å². The summed E-state index contributed by atoms with van der Waals surface area (Å²) >= 11 is 14.3. The van der Waals surface area contributed by atoms with Gasteiger partial charge in [-0.2, -0.15) is 10.4 Å². The molecule has 1 N–H and O–H groups in total. The van der Waals surface area contributed by atoms with Crippen LogP contribution in [-0.4, -0.2) is 26.0 Å². The highest BCUT2D eigenvalue weighted by atomic mass is 35.5. The van der Waals surface area contributed by atoms with E-state index >= 15 is 0 Å². The van der Waals surface area contributed by atoms with Gasteiger partial charge in [0.05, 0.1) is 51.0 Å². The molecular formula is C29H25Cl2FN4O2S. The van der Waals surface area contributed by atoms with Gasteiger partial charge in [0.15, 0.2) is 5.82 Å². The van der Waals surface area contributed by atoms with Crippen LogP contribution in [0.1, 0.15) is 66.3 Å². The molecule has 0 amide bonds. The van der Waals surface area contributed by atoms with Gasteiger partial charge in [-0.25, -0.2) is 14.1 Å². The average Bonchev–Trinajstić information content (AvgIpc) is 3.49. The number of rotatable bonds is 6. The molecule has 0 radical (unpaired) electrons. The number of hydrogen-bond donors (Lipinski definition) is 1. The van der Waals surface area contributed by atoms with Crippen molar-refractivity contribution in [2.45, 2.75) is 62.8 Å². The SMILES string of the molecule is N#Cc1cc(F)c2nc([C@@]3(O)[C@@H]4CC[C@H]3C[C@@H](OCc3c(C5CC5)cnn3-c3c(Cl)cccc3Cl)C4)sc2c1. The number of aliphatic hydroxyl groups is 1. The monoisotopic (exact) mass is 582 g/mol. The van der Waals surface area contributed by atoms with E-state index in [1.54, 1.807) is 18.2 Å². The van der Waals surface area contributed by atoms with Gasteiger partial charge in [-0.05, 0) is 86.1 Å². The van der Waals surface area contributed by atoms with Crippen molar-refractivity contribution in [2.24, 2.45) is 11.8 Å². The van der Waals surface area contributed by atoms with Crippen molar-refractivity contribution in [3.8, 4) is 11.8 Å². The van der Waals surface area contributed by atoms with E-state index in [4.69, 9.17) is 27.9 Å². The molecule has 0 spiro atoms. The Morgan fingerprint density at radius 1 is 1.15 bits per heavy atom. The number of aromatic nitrogens is 3. The van der Waals surface area contributed by atoms with Crippen molar-refractivity contribution in [3.05, 3.63) is 74.2 Å². The average molecular weight is 584 g/mol. The minimum Gasteiger partial charge on any atom is -0.382 e. The fourth-order valence-electron chi connectivity index (χ4n) is 6.56. The minimum absolute atomic E-state index is 0.0313. The largest absolute Gasteiger partial charge is 0.382 e. The molecular weight excluding hydrogens is 558 g/mol. The van der Waals surface area contributed by atoms with E-state index in [9.17, 15) is 14.8 Å². The third-order valence-electron chi connectivity index (χ3n) is 8.65. The zero-order chi connectivity index (χ0) is 26.9. The number of nitriles is 1. The second-order valence-electron chi connectivity index (χ2n) is 10.9. The van der Waals surface area contributed by atoms with E-state index in [1.807, 2.05) is 23.0 Å². The first kappa shape index (κ1) is 25.4. The molecule has 3 aliphatic rings. The molecule has 3 aliphatic carbocycles. The summed E-state index contributed by atoms with van der Waals surface area (Å²) in [4.78, 5) is 4.54. The first-order valence-corrected chi connectivity index (χ1v) is 14.8. The minimum atomic E-state index is -1.12. The van der Waals surface area contributed by atoms with Gasteiger partial charge in [-0.15, -0.1) is 11.3 Å². The standard InChI is InChI=1S/C29H25Cl2FN4O2S/c30-21-2-1-3-22(31)27(21)36-24(20(13-34-36)16-4-5-16)14-38-19-10-17-6-7-18(11-19)29(17,37)28-35-26-23(32)8-15(12-33)9-25(26)39-28/h1-3,8-9,13,16-19,37H,4-7,10-11,14H2/t17-,18+,19+,29-. The van der Waals surface area contributed by atoms with E-state index in [2.05, 4.69) is 10.1 Å². The topological polar surface area (TPSA) is 84.0 Å². The van der Waals surface area contributed by atoms with E-state index in [1.165, 1.54) is 23.0 Å². The molecule has 3 fully saturated rings. The quantitative estimate of drug-likeness (QED) is 0.258. The third kappa shape index (κ3) is 4.18. The first-order valence-electron chi connectivity index (χ1n) is 13.2. The maximum absolute atomic E-state index is 14.6. The number of nitrogens with zero attached hydrogens (tertiary/aromatic N) is 4. The predicted octanol–water partition coefficient (Wildman–Crippen LogP) is 7.27. The maximum atomic E-state index is 14.6. The molecule has 2 aromatic heterocycles. The van der Waals surface area contributed by atoms with Gasteiger partial charge in [0, 0.05) is 0 Å². The summed E-state index contributed by atoms with van der Waals surface area (Å²) in [6.45, 7) is 0.374. The predicted molar refractivity (Wildman–Crippen MR) is 148 cm³/mol. The number of para-hydroxylation sites is 1. The van der Waals surface area contributed by atoms with Gasteiger partial charge in [-0.1, -0.05) is 29.3 Å². The molecule has 0 aliphatic heterocycles. The Labute approximate surface area is 238 Å². The van der Waals surface area contributed by atoms with E-state index in [0.29, 0.717) is 50.8 Å². The maximum Gasteiger partial charge on any atom is 0.151 e. The summed E-state index contributed by atoms with van der Waals surface area (Å²) in [5.41, 5.74) is 2.16. The molecule has 200 valence electrons. The van der Waals surface area contributed by atoms with Gasteiger partial charge in [0.25, 0.3) is 0 Å². The summed E-state index contributed by atoms with van der Waals surface area (Å²) in [5.74, 6) is -0.120. The number of thiazole rings is 1. The van der Waals surface area contributed by atoms with Crippen molar-refractivity contribution >= 4 is 44.8 Å². The lowest BCUT2D eigenvalue weighted by molar-refractivity contribution is -0.116. The lowest BCUT2D eigenvalue weighted by atomic mass is 9.73. The Bertz CT molecular complexity index is 1610. The second kappa shape index (κ2) is 9.53. The summed E-state index contributed by atoms with van der Waals surface area (Å²) < 4.78 is 23.6. The van der Waals surface area contributed by atoms with E-state index in [-0.39, 0.29) is 29.0 Å². The van der Waals surface area contributed by atoms with Crippen LogP contribution in [0.15, 0.2) is 36.5 Å². The molecule has 2 heterocycles. The molecule has 6 nitrogen and oxygen atoms in total. The Balaban J connectivity index is 1.14. The Morgan fingerprint density at radius 3 is 2.54 bits per heavy atom. The molecule has 0 unspecified atom stereocenters. The van der Waals surface area contributed by atoms with Gasteiger partial charge >= 0.3 is 0 Å². The van der Waals surface area contributed by atoms with Gasteiger partial charge < -0.3 is 9.84 Å². The van der Waals surface area contributed by atoms with E-state index in [0.717, 1.165) is 31.4 Å². The highest BCUT2D eigenvalue weighted by Crippen LogP contribution is 2.57. The summed E-state index contributed by atoms with van der Waals surface area (Å²) in [6, 6.07) is 10.3. The van der Waals surface area contributed by atoms with Crippen molar-refractivity contribution in [1.82, 2.24) is 14.8 Å². The number of halogens is 3. The number of benzene rings is 2. The molecule has 4 aromatic rings. The van der Waals surface area contributed by atoms with Crippen LogP contribution in [0, 0.1) is 29.0 Å².